The summed E-state index contributed by atoms with van der Waals surface area (Å²) in [7, 11) is 0. The Morgan fingerprint density at radius 1 is 0.621 bits per heavy atom. The molecule has 2 atom stereocenters. The largest absolute Gasteiger partial charge is 0.481 e. The summed E-state index contributed by atoms with van der Waals surface area (Å²) in [5.74, 6) is -1.26. The molecule has 0 bridgehead atoms. The first-order chi connectivity index (χ1) is 31.8. The van der Waals surface area contributed by atoms with Gasteiger partial charge in [0.05, 0.1) is 29.5 Å². The van der Waals surface area contributed by atoms with Crippen LogP contribution in [0.4, 0.5) is 0 Å². The third-order valence-corrected chi connectivity index (χ3v) is 10.9. The van der Waals surface area contributed by atoms with E-state index in [1.807, 2.05) is 50.2 Å². The number of nitrogens with zero attached hydrogens (tertiary/aromatic N) is 6. The van der Waals surface area contributed by atoms with Crippen LogP contribution in [-0.2, 0) is 49.1 Å². The average molecular weight is 988 g/mol. The van der Waals surface area contributed by atoms with Gasteiger partial charge in [-0.05, 0) is 75.3 Å². The highest BCUT2D eigenvalue weighted by Crippen LogP contribution is 2.35. The first-order valence-electron chi connectivity index (χ1n) is 20.6. The fourth-order valence-electron chi connectivity index (χ4n) is 6.66. The molecule has 18 nitrogen and oxygen atoms in total. The quantitative estimate of drug-likeness (QED) is 0.0389. The van der Waals surface area contributed by atoms with Gasteiger partial charge in [0.25, 0.3) is 0 Å². The Hall–Kier alpha value is -6.35. The van der Waals surface area contributed by atoms with Gasteiger partial charge >= 0.3 is 11.9 Å². The van der Waals surface area contributed by atoms with Crippen LogP contribution in [0.2, 0.25) is 5.02 Å². The van der Waals surface area contributed by atoms with Gasteiger partial charge in [0, 0.05) is 73.2 Å². The molecular formula is C46H48BrClN8O10. The van der Waals surface area contributed by atoms with Crippen molar-refractivity contribution in [1.29, 1.82) is 0 Å². The third-order valence-electron chi connectivity index (χ3n) is 10.1. The molecule has 0 radical (unpaired) electrons. The lowest BCUT2D eigenvalue weighted by Gasteiger charge is -2.18. The molecule has 346 valence electrons. The number of hydrogen-bond donors (Lipinski definition) is 6. The van der Waals surface area contributed by atoms with Crippen LogP contribution in [0.5, 0.6) is 23.5 Å². The van der Waals surface area contributed by atoms with E-state index in [9.17, 15) is 19.8 Å². The summed E-state index contributed by atoms with van der Waals surface area (Å²) in [4.78, 5) is 47.5. The zero-order valence-electron chi connectivity index (χ0n) is 36.0. The molecule has 4 heterocycles. The average Bonchev–Trinajstić information content (AvgIpc) is 3.28. The predicted octanol–water partition coefficient (Wildman–Crippen LogP) is 5.92. The lowest BCUT2D eigenvalue weighted by molar-refractivity contribution is -0.140. The van der Waals surface area contributed by atoms with E-state index in [0.29, 0.717) is 21.2 Å². The highest BCUT2D eigenvalue weighted by atomic mass is 79.9. The van der Waals surface area contributed by atoms with E-state index in [0.717, 1.165) is 38.9 Å². The standard InChI is InChI=1S/C46H48BrClN8O10/c1-27-31(23-65-45-39(47)9-33(17-49-19-35(57)11-41(59)60)43(55-45)63-21-29-13-51-25-52-14-29)5-3-7-37(27)38-8-4-6-32(28(38)2)24-66-46-40(48)10-34(18-50-20-36(58)12-42(61)62)44(56-46)64-22-30-15-53-26-54-16-30/h3-10,13-16,25-26,35-36,49-50,57-58H,11-12,17-24H2,1-2H3,(H,59,60)(H,61,62)/t35-,36-/m0/s1. The van der Waals surface area contributed by atoms with E-state index in [1.165, 1.54) is 12.7 Å². The van der Waals surface area contributed by atoms with Crippen molar-refractivity contribution in [2.45, 2.75) is 78.4 Å². The second-order valence-electron chi connectivity index (χ2n) is 15.1. The van der Waals surface area contributed by atoms with Gasteiger partial charge in [-0.15, -0.1) is 0 Å². The van der Waals surface area contributed by atoms with Crippen molar-refractivity contribution >= 4 is 39.5 Å². The molecule has 0 aliphatic carbocycles. The molecule has 66 heavy (non-hydrogen) atoms. The van der Waals surface area contributed by atoms with Crippen LogP contribution >= 0.6 is 27.5 Å². The molecule has 6 N–H and O–H groups in total. The van der Waals surface area contributed by atoms with Crippen LogP contribution < -0.4 is 29.6 Å². The van der Waals surface area contributed by atoms with Crippen LogP contribution in [-0.4, -0.2) is 87.6 Å². The number of rotatable bonds is 25. The van der Waals surface area contributed by atoms with Crippen molar-refractivity contribution in [3.05, 3.63) is 140 Å². The third kappa shape index (κ3) is 14.3. The number of pyridine rings is 2. The molecule has 0 saturated heterocycles. The van der Waals surface area contributed by atoms with Crippen LogP contribution in [0, 0.1) is 13.8 Å². The Kier molecular flexibility index (Phi) is 18.0. The fraction of sp³-hybridized carbons (Fsp3) is 0.304. The fourth-order valence-corrected chi connectivity index (χ4v) is 7.36. The Labute approximate surface area is 393 Å². The normalized spacial score (nSPS) is 12.0. The molecule has 6 rings (SSSR count). The number of carboxylic acid groups (broad SMARTS) is 2. The van der Waals surface area contributed by atoms with E-state index in [4.69, 9.17) is 45.7 Å². The van der Waals surface area contributed by atoms with Crippen LogP contribution in [0.25, 0.3) is 11.1 Å². The number of nitrogens with one attached hydrogen (secondary N) is 2. The summed E-state index contributed by atoms with van der Waals surface area (Å²) >= 11 is 10.3. The summed E-state index contributed by atoms with van der Waals surface area (Å²) in [6.07, 6.45) is 6.41. The van der Waals surface area contributed by atoms with E-state index in [-0.39, 0.29) is 87.6 Å². The van der Waals surface area contributed by atoms with E-state index < -0.39 is 30.6 Å². The lowest BCUT2D eigenvalue weighted by atomic mass is 9.92. The summed E-state index contributed by atoms with van der Waals surface area (Å²) in [6, 6.07) is 15.4. The molecule has 0 fully saturated rings. The van der Waals surface area contributed by atoms with Crippen LogP contribution in [0.15, 0.2) is 90.4 Å². The second-order valence-corrected chi connectivity index (χ2v) is 16.3. The summed E-state index contributed by atoms with van der Waals surface area (Å²) < 4.78 is 25.3. The number of aliphatic carboxylic acids is 2. The lowest BCUT2D eigenvalue weighted by Crippen LogP contribution is -2.28. The number of aliphatic hydroxyl groups excluding tert-OH is 2. The highest BCUT2D eigenvalue weighted by molar-refractivity contribution is 9.10. The molecule has 0 spiro atoms. The SMILES string of the molecule is Cc1c(COc2nc(OCc3cncnc3)c(CNC[C@@H](O)CC(=O)O)cc2Cl)cccc1-c1cccc(COc2nc(OCc3cncnc3)c(CNC[C@@H](O)CC(=O)O)cc2Br)c1C. The summed E-state index contributed by atoms with van der Waals surface area (Å²) in [6.45, 7) is 5.08. The maximum absolute atomic E-state index is 11.0. The second kappa shape index (κ2) is 24.3. The Balaban J connectivity index is 1.16. The topological polar surface area (TPSA) is 253 Å². The zero-order chi connectivity index (χ0) is 47.0. The number of carbonyl (C=O) groups is 2. The molecule has 0 aliphatic rings. The molecule has 2 aromatic carbocycles. The number of ether oxygens (including phenoxy) is 4. The minimum absolute atomic E-state index is 0.0249. The van der Waals surface area contributed by atoms with E-state index in [1.54, 1.807) is 36.9 Å². The smallest absolute Gasteiger partial charge is 0.306 e. The zero-order valence-corrected chi connectivity index (χ0v) is 38.3. The Morgan fingerprint density at radius 2 is 1.05 bits per heavy atom. The van der Waals surface area contributed by atoms with Crippen molar-refractivity contribution in [1.82, 2.24) is 40.5 Å². The molecule has 0 saturated carbocycles. The minimum Gasteiger partial charge on any atom is -0.481 e. The monoisotopic (exact) mass is 986 g/mol. The predicted molar refractivity (Wildman–Crippen MR) is 244 cm³/mol. The molecule has 0 aliphatic heterocycles. The minimum atomic E-state index is -1.11. The van der Waals surface area contributed by atoms with Gasteiger partial charge in [0.15, 0.2) is 0 Å². The molecule has 0 amide bonds. The number of benzene rings is 2. The van der Waals surface area contributed by atoms with Gasteiger partial charge in [-0.3, -0.25) is 9.59 Å². The van der Waals surface area contributed by atoms with Crippen molar-refractivity contribution in [3.63, 3.8) is 0 Å². The van der Waals surface area contributed by atoms with Crippen molar-refractivity contribution in [3.8, 4) is 34.6 Å². The van der Waals surface area contributed by atoms with Crippen LogP contribution in [0.3, 0.4) is 0 Å². The first kappa shape index (κ1) is 49.1. The van der Waals surface area contributed by atoms with Gasteiger partial charge in [-0.25, -0.2) is 19.9 Å². The summed E-state index contributed by atoms with van der Waals surface area (Å²) in [5.41, 5.74) is 8.40. The highest BCUT2D eigenvalue weighted by Gasteiger charge is 2.19. The molecular weight excluding hydrogens is 940 g/mol. The van der Waals surface area contributed by atoms with Crippen molar-refractivity contribution in [2.24, 2.45) is 0 Å². The maximum Gasteiger partial charge on any atom is 0.306 e. The van der Waals surface area contributed by atoms with Crippen molar-refractivity contribution < 1.29 is 49.0 Å². The Bertz CT molecular complexity index is 2410. The maximum atomic E-state index is 11.0. The summed E-state index contributed by atoms with van der Waals surface area (Å²) in [5, 5.41) is 44.4. The number of aliphatic hydroxyl groups is 2. The van der Waals surface area contributed by atoms with Gasteiger partial charge in [-0.2, -0.15) is 9.97 Å². The molecule has 6 aromatic rings. The van der Waals surface area contributed by atoms with Gasteiger partial charge in [0.2, 0.25) is 23.5 Å². The van der Waals surface area contributed by atoms with Crippen molar-refractivity contribution in [2.75, 3.05) is 13.1 Å². The number of carboxylic acids is 2. The molecule has 4 aromatic heterocycles. The van der Waals surface area contributed by atoms with Gasteiger partial charge in [0.1, 0.15) is 44.1 Å². The molecule has 0 unspecified atom stereocenters. The molecule has 20 heteroatoms. The van der Waals surface area contributed by atoms with E-state index in [2.05, 4.69) is 51.5 Å². The Morgan fingerprint density at radius 3 is 1.52 bits per heavy atom. The van der Waals surface area contributed by atoms with E-state index >= 15 is 0 Å². The first-order valence-corrected chi connectivity index (χ1v) is 21.8. The van der Waals surface area contributed by atoms with Gasteiger partial charge < -0.3 is 50.0 Å². The number of hydrogen-bond acceptors (Lipinski definition) is 16. The van der Waals surface area contributed by atoms with Crippen LogP contribution in [0.1, 0.15) is 57.3 Å². The number of aromatic nitrogens is 6. The number of halogens is 2. The van der Waals surface area contributed by atoms with Gasteiger partial charge in [-0.1, -0.05) is 48.0 Å².